The number of rotatable bonds is 3. The van der Waals surface area contributed by atoms with Gasteiger partial charge in [-0.2, -0.15) is 0 Å². The van der Waals surface area contributed by atoms with E-state index in [1.54, 1.807) is 25.4 Å². The van der Waals surface area contributed by atoms with Gasteiger partial charge in [0.05, 0.1) is 4.47 Å². The highest BCUT2D eigenvalue weighted by Crippen LogP contribution is 2.27. The van der Waals surface area contributed by atoms with Gasteiger partial charge in [0.2, 0.25) is 0 Å². The molecule has 0 amide bonds. The van der Waals surface area contributed by atoms with Crippen LogP contribution in [0.1, 0.15) is 11.4 Å². The second-order valence-corrected chi connectivity index (χ2v) is 5.28. The second-order valence-electron chi connectivity index (χ2n) is 3.61. The number of nitrogens with zero attached hydrogens (tertiary/aromatic N) is 2. The number of nitrogens with one attached hydrogen (secondary N) is 1. The Bertz CT molecular complexity index is 555. The molecule has 0 saturated carbocycles. The van der Waals surface area contributed by atoms with Gasteiger partial charge >= 0.3 is 0 Å². The Morgan fingerprint density at radius 3 is 2.56 bits per heavy atom. The smallest absolute Gasteiger partial charge is 0.143 e. The van der Waals surface area contributed by atoms with Crippen molar-refractivity contribution in [2.24, 2.45) is 0 Å². The van der Waals surface area contributed by atoms with Crippen LogP contribution in [0.25, 0.3) is 0 Å². The van der Waals surface area contributed by atoms with Gasteiger partial charge in [0.25, 0.3) is 0 Å². The zero-order chi connectivity index (χ0) is 13.1. The highest BCUT2D eigenvalue weighted by atomic mass is 79.9. The van der Waals surface area contributed by atoms with E-state index in [4.69, 9.17) is 23.2 Å². The molecule has 2 aromatic rings. The fourth-order valence-corrected chi connectivity index (χ4v) is 2.44. The first-order chi connectivity index (χ1) is 8.61. The number of aromatic nitrogens is 2. The lowest BCUT2D eigenvalue weighted by molar-refractivity contribution is 0.963. The molecule has 6 heteroatoms. The van der Waals surface area contributed by atoms with Crippen molar-refractivity contribution >= 4 is 44.9 Å². The monoisotopic (exact) mass is 345 g/mol. The van der Waals surface area contributed by atoms with Crippen LogP contribution < -0.4 is 5.32 Å². The summed E-state index contributed by atoms with van der Waals surface area (Å²) in [6.45, 7) is 0. The average molecular weight is 347 g/mol. The van der Waals surface area contributed by atoms with E-state index in [-0.39, 0.29) is 0 Å². The van der Waals surface area contributed by atoms with E-state index < -0.39 is 0 Å². The molecule has 0 spiro atoms. The topological polar surface area (TPSA) is 37.8 Å². The Hall–Kier alpha value is -0.840. The van der Waals surface area contributed by atoms with Gasteiger partial charge in [-0.3, -0.25) is 0 Å². The first-order valence-corrected chi connectivity index (χ1v) is 6.78. The van der Waals surface area contributed by atoms with Crippen molar-refractivity contribution < 1.29 is 0 Å². The van der Waals surface area contributed by atoms with Crippen molar-refractivity contribution in [2.75, 3.05) is 12.4 Å². The molecule has 1 heterocycles. The zero-order valence-corrected chi connectivity index (χ0v) is 12.6. The molecule has 94 valence electrons. The summed E-state index contributed by atoms with van der Waals surface area (Å²) in [6.07, 6.45) is 2.21. The molecular formula is C12H10BrCl2N3. The lowest BCUT2D eigenvalue weighted by Crippen LogP contribution is -2.02. The van der Waals surface area contributed by atoms with Crippen LogP contribution in [0.5, 0.6) is 0 Å². The molecule has 0 radical (unpaired) electrons. The zero-order valence-electron chi connectivity index (χ0n) is 9.54. The van der Waals surface area contributed by atoms with Crippen LogP contribution in [-0.4, -0.2) is 17.0 Å². The van der Waals surface area contributed by atoms with Gasteiger partial charge in [0.1, 0.15) is 11.6 Å². The Morgan fingerprint density at radius 1 is 1.28 bits per heavy atom. The molecule has 0 aliphatic heterocycles. The van der Waals surface area contributed by atoms with Gasteiger partial charge in [-0.25, -0.2) is 9.97 Å². The molecule has 0 aliphatic rings. The average Bonchev–Trinajstić information content (AvgIpc) is 2.36. The minimum atomic E-state index is 0.500. The molecule has 0 saturated heterocycles. The van der Waals surface area contributed by atoms with Crippen LogP contribution in [0.3, 0.4) is 0 Å². The van der Waals surface area contributed by atoms with Crippen LogP contribution in [-0.2, 0) is 6.42 Å². The molecule has 3 nitrogen and oxygen atoms in total. The van der Waals surface area contributed by atoms with Crippen LogP contribution in [0, 0.1) is 0 Å². The SMILES string of the molecule is CNc1nc(Cc2c(Cl)cccc2Cl)ncc1Br. The van der Waals surface area contributed by atoms with E-state index in [1.165, 1.54) is 0 Å². The molecule has 0 unspecified atom stereocenters. The summed E-state index contributed by atoms with van der Waals surface area (Å²) in [7, 11) is 1.80. The molecule has 0 fully saturated rings. The van der Waals surface area contributed by atoms with Crippen LogP contribution in [0.2, 0.25) is 10.0 Å². The summed E-state index contributed by atoms with van der Waals surface area (Å²) < 4.78 is 0.819. The van der Waals surface area contributed by atoms with Gasteiger partial charge in [0, 0.05) is 29.7 Å². The van der Waals surface area contributed by atoms with E-state index in [1.807, 2.05) is 6.07 Å². The van der Waals surface area contributed by atoms with Gasteiger partial charge in [-0.15, -0.1) is 0 Å². The third-order valence-electron chi connectivity index (χ3n) is 2.43. The summed E-state index contributed by atoms with van der Waals surface area (Å²) >= 11 is 15.6. The Labute approximate surface area is 124 Å². The summed E-state index contributed by atoms with van der Waals surface area (Å²) in [6, 6.07) is 5.43. The van der Waals surface area contributed by atoms with E-state index in [0.717, 1.165) is 15.9 Å². The van der Waals surface area contributed by atoms with Crippen molar-refractivity contribution in [3.05, 3.63) is 50.3 Å². The number of halogens is 3. The summed E-state index contributed by atoms with van der Waals surface area (Å²) in [5, 5.41) is 4.24. The van der Waals surface area contributed by atoms with Crippen molar-refractivity contribution in [3.63, 3.8) is 0 Å². The van der Waals surface area contributed by atoms with Crippen LogP contribution >= 0.6 is 39.1 Å². The van der Waals surface area contributed by atoms with Crippen LogP contribution in [0.15, 0.2) is 28.9 Å². The van der Waals surface area contributed by atoms with E-state index in [9.17, 15) is 0 Å². The highest BCUT2D eigenvalue weighted by Gasteiger charge is 2.10. The maximum atomic E-state index is 6.12. The molecule has 0 bridgehead atoms. The van der Waals surface area contributed by atoms with E-state index in [2.05, 4.69) is 31.2 Å². The Kier molecular flexibility index (Phi) is 4.43. The molecule has 1 N–H and O–H groups in total. The first kappa shape index (κ1) is 13.6. The summed E-state index contributed by atoms with van der Waals surface area (Å²) in [5.41, 5.74) is 0.838. The maximum absolute atomic E-state index is 6.12. The van der Waals surface area contributed by atoms with Gasteiger partial charge in [-0.1, -0.05) is 29.3 Å². The standard InChI is InChI=1S/C12H10BrCl2N3/c1-16-12-8(13)6-17-11(18-12)5-7-9(14)3-2-4-10(7)15/h2-4,6H,5H2,1H3,(H,16,17,18). The van der Waals surface area contributed by atoms with Crippen LogP contribution in [0.4, 0.5) is 5.82 Å². The molecule has 1 aromatic heterocycles. The van der Waals surface area contributed by atoms with Gasteiger partial charge in [-0.05, 0) is 33.6 Å². The van der Waals surface area contributed by atoms with Gasteiger partial charge < -0.3 is 5.32 Å². The van der Waals surface area contributed by atoms with Crippen molar-refractivity contribution in [1.29, 1.82) is 0 Å². The lowest BCUT2D eigenvalue weighted by atomic mass is 10.1. The summed E-state index contributed by atoms with van der Waals surface area (Å²) in [4.78, 5) is 8.63. The minimum absolute atomic E-state index is 0.500. The predicted octanol–water partition coefficient (Wildman–Crippen LogP) is 4.18. The molecule has 2 rings (SSSR count). The molecule has 0 atom stereocenters. The van der Waals surface area contributed by atoms with Gasteiger partial charge in [0.15, 0.2) is 0 Å². The van der Waals surface area contributed by atoms with Crippen molar-refractivity contribution in [2.45, 2.75) is 6.42 Å². The molecule has 18 heavy (non-hydrogen) atoms. The fourth-order valence-electron chi connectivity index (χ4n) is 1.52. The maximum Gasteiger partial charge on any atom is 0.143 e. The predicted molar refractivity (Wildman–Crippen MR) is 78.5 cm³/mol. The molecule has 0 aliphatic carbocycles. The quantitative estimate of drug-likeness (QED) is 0.905. The van der Waals surface area contributed by atoms with E-state index in [0.29, 0.717) is 22.3 Å². The Morgan fingerprint density at radius 2 is 1.94 bits per heavy atom. The Balaban J connectivity index is 2.34. The molecule has 1 aromatic carbocycles. The molecular weight excluding hydrogens is 337 g/mol. The first-order valence-electron chi connectivity index (χ1n) is 5.24. The second kappa shape index (κ2) is 5.87. The fraction of sp³-hybridized carbons (Fsp3) is 0.167. The largest absolute Gasteiger partial charge is 0.372 e. The van der Waals surface area contributed by atoms with Crippen molar-refractivity contribution in [3.8, 4) is 0 Å². The minimum Gasteiger partial charge on any atom is -0.372 e. The summed E-state index contributed by atoms with van der Waals surface area (Å²) in [5.74, 6) is 1.40. The third kappa shape index (κ3) is 2.94. The number of benzene rings is 1. The number of anilines is 1. The van der Waals surface area contributed by atoms with Crippen molar-refractivity contribution in [1.82, 2.24) is 9.97 Å². The number of hydrogen-bond acceptors (Lipinski definition) is 3. The number of hydrogen-bond donors (Lipinski definition) is 1. The van der Waals surface area contributed by atoms with E-state index >= 15 is 0 Å². The highest BCUT2D eigenvalue weighted by molar-refractivity contribution is 9.10. The lowest BCUT2D eigenvalue weighted by Gasteiger charge is -2.08. The normalized spacial score (nSPS) is 10.4. The third-order valence-corrected chi connectivity index (χ3v) is 3.72.